The molecule has 1 aromatic carbocycles. The zero-order valence-electron chi connectivity index (χ0n) is 13.3. The van der Waals surface area contributed by atoms with Crippen LogP contribution in [-0.2, 0) is 11.0 Å². The molecule has 0 radical (unpaired) electrons. The van der Waals surface area contributed by atoms with Gasteiger partial charge < -0.3 is 0 Å². The van der Waals surface area contributed by atoms with Crippen molar-refractivity contribution in [3.05, 3.63) is 59.7 Å². The fourth-order valence-corrected chi connectivity index (χ4v) is 3.28. The van der Waals surface area contributed by atoms with Gasteiger partial charge in [-0.2, -0.15) is 0 Å². The summed E-state index contributed by atoms with van der Waals surface area (Å²) >= 11 is 0. The third kappa shape index (κ3) is 4.14. The van der Waals surface area contributed by atoms with Gasteiger partial charge in [-0.3, -0.25) is 0 Å². The third-order valence-electron chi connectivity index (χ3n) is 3.69. The minimum atomic E-state index is -1.10. The van der Waals surface area contributed by atoms with Gasteiger partial charge in [0, 0.05) is 5.92 Å². The monoisotopic (exact) mass is 303 g/mol. The molecule has 0 fully saturated rings. The van der Waals surface area contributed by atoms with Gasteiger partial charge >= 0.3 is 0 Å². The lowest BCUT2D eigenvalue weighted by molar-refractivity contribution is 0.542. The summed E-state index contributed by atoms with van der Waals surface area (Å²) in [5.74, 6) is 0.242. The van der Waals surface area contributed by atoms with Gasteiger partial charge in [0.15, 0.2) is 0 Å². The fraction of sp³-hybridized carbons (Fsp3) is 0.444. The van der Waals surface area contributed by atoms with Crippen molar-refractivity contribution in [3.8, 4) is 0 Å². The first-order valence-electron chi connectivity index (χ1n) is 7.46. The summed E-state index contributed by atoms with van der Waals surface area (Å²) in [6, 6.07) is 8.37. The Hall–Kier alpha value is -1.19. The number of aryl methyl sites for hydroxylation is 1. The van der Waals surface area contributed by atoms with Gasteiger partial charge in [-0.25, -0.2) is 8.93 Å². The van der Waals surface area contributed by atoms with E-state index in [2.05, 4.69) is 48.1 Å². The van der Waals surface area contributed by atoms with E-state index in [1.807, 2.05) is 32.9 Å². The zero-order chi connectivity index (χ0) is 15.5. The minimum absolute atomic E-state index is 0.0408. The molecule has 0 saturated carbocycles. The number of allylic oxidation sites excluding steroid dienone is 2. The van der Waals surface area contributed by atoms with Crippen molar-refractivity contribution in [1.29, 1.82) is 0 Å². The van der Waals surface area contributed by atoms with Crippen molar-refractivity contribution in [1.82, 2.24) is 4.72 Å². The molecule has 1 unspecified atom stereocenters. The lowest BCUT2D eigenvalue weighted by Crippen LogP contribution is -2.38. The number of rotatable bonds is 4. The normalized spacial score (nSPS) is 18.7. The van der Waals surface area contributed by atoms with Crippen LogP contribution in [0.1, 0.15) is 44.4 Å². The van der Waals surface area contributed by atoms with Gasteiger partial charge in [-0.1, -0.05) is 48.6 Å². The Balaban J connectivity index is 2.33. The first kappa shape index (κ1) is 16.2. The number of hydrogen-bond donors (Lipinski definition) is 1. The molecule has 0 amide bonds. The van der Waals surface area contributed by atoms with Gasteiger partial charge in [0.2, 0.25) is 0 Å². The Morgan fingerprint density at radius 3 is 2.38 bits per heavy atom. The average Bonchev–Trinajstić information content (AvgIpc) is 2.45. The molecule has 0 spiro atoms. The van der Waals surface area contributed by atoms with Crippen LogP contribution in [0.5, 0.6) is 0 Å². The Bertz CT molecular complexity index is 557. The molecule has 0 bridgehead atoms. The van der Waals surface area contributed by atoms with Crippen LogP contribution in [0.25, 0.3) is 0 Å². The maximum Gasteiger partial charge on any atom is 0.0976 e. The first-order chi connectivity index (χ1) is 9.89. The van der Waals surface area contributed by atoms with Gasteiger partial charge in [0.25, 0.3) is 0 Å². The lowest BCUT2D eigenvalue weighted by Gasteiger charge is -2.29. The second-order valence-electron chi connectivity index (χ2n) is 6.50. The standard InChI is InChI=1S/C18H25NOS/c1-14-10-8-9-13-16(14)17(15-11-6-5-7-12-15)19-21(20)18(2,3)4/h6-13,15,17,19H,5H2,1-4H3/t17-,21?/m0/s1. The second-order valence-corrected chi connectivity index (χ2v) is 8.50. The summed E-state index contributed by atoms with van der Waals surface area (Å²) in [7, 11) is -1.10. The van der Waals surface area contributed by atoms with E-state index in [1.165, 1.54) is 11.1 Å². The Kier molecular flexibility index (Phi) is 5.17. The van der Waals surface area contributed by atoms with Crippen molar-refractivity contribution in [2.24, 2.45) is 5.92 Å². The molecule has 1 aromatic rings. The largest absolute Gasteiger partial charge is 0.242 e. The summed E-state index contributed by atoms with van der Waals surface area (Å²) < 4.78 is 15.6. The minimum Gasteiger partial charge on any atom is -0.242 e. The maximum absolute atomic E-state index is 12.6. The van der Waals surface area contributed by atoms with E-state index < -0.39 is 11.0 Å². The van der Waals surface area contributed by atoms with Crippen LogP contribution in [0.4, 0.5) is 0 Å². The van der Waals surface area contributed by atoms with Crippen molar-refractivity contribution >= 4 is 11.0 Å². The van der Waals surface area contributed by atoms with E-state index in [4.69, 9.17) is 0 Å². The van der Waals surface area contributed by atoms with E-state index in [9.17, 15) is 4.21 Å². The summed E-state index contributed by atoms with van der Waals surface area (Å²) in [6.07, 6.45) is 9.77. The zero-order valence-corrected chi connectivity index (χ0v) is 14.1. The Morgan fingerprint density at radius 2 is 1.81 bits per heavy atom. The molecule has 2 atom stereocenters. The Labute approximate surface area is 130 Å². The van der Waals surface area contributed by atoms with Crippen LogP contribution < -0.4 is 4.72 Å². The predicted octanol–water partition coefficient (Wildman–Crippen LogP) is 4.22. The summed E-state index contributed by atoms with van der Waals surface area (Å²) in [6.45, 7) is 8.10. The first-order valence-corrected chi connectivity index (χ1v) is 8.61. The third-order valence-corrected chi connectivity index (χ3v) is 5.27. The van der Waals surface area contributed by atoms with Crippen LogP contribution >= 0.6 is 0 Å². The molecule has 2 rings (SSSR count). The van der Waals surface area contributed by atoms with Crippen molar-refractivity contribution in [2.45, 2.75) is 44.9 Å². The quantitative estimate of drug-likeness (QED) is 0.829. The number of hydrogen-bond acceptors (Lipinski definition) is 1. The molecule has 21 heavy (non-hydrogen) atoms. The van der Waals surface area contributed by atoms with E-state index in [1.54, 1.807) is 0 Å². The fourth-order valence-electron chi connectivity index (χ4n) is 2.41. The highest BCUT2D eigenvalue weighted by molar-refractivity contribution is 7.84. The van der Waals surface area contributed by atoms with Crippen LogP contribution in [0.3, 0.4) is 0 Å². The lowest BCUT2D eigenvalue weighted by atomic mass is 9.88. The molecule has 1 aliphatic carbocycles. The van der Waals surface area contributed by atoms with E-state index >= 15 is 0 Å². The summed E-state index contributed by atoms with van der Waals surface area (Å²) in [4.78, 5) is 0. The van der Waals surface area contributed by atoms with Crippen LogP contribution in [0, 0.1) is 12.8 Å². The van der Waals surface area contributed by atoms with Crippen molar-refractivity contribution in [3.63, 3.8) is 0 Å². The van der Waals surface area contributed by atoms with E-state index in [0.717, 1.165) is 6.42 Å². The second kappa shape index (κ2) is 6.71. The Morgan fingerprint density at radius 1 is 1.19 bits per heavy atom. The molecule has 1 N–H and O–H groups in total. The van der Waals surface area contributed by atoms with Gasteiger partial charge in [-0.15, -0.1) is 0 Å². The molecule has 3 heteroatoms. The smallest absolute Gasteiger partial charge is 0.0976 e. The van der Waals surface area contributed by atoms with Crippen molar-refractivity contribution < 1.29 is 4.21 Å². The molecule has 0 aliphatic heterocycles. The van der Waals surface area contributed by atoms with Crippen molar-refractivity contribution in [2.75, 3.05) is 0 Å². The van der Waals surface area contributed by atoms with Gasteiger partial charge in [-0.05, 0) is 45.2 Å². The summed E-state index contributed by atoms with van der Waals surface area (Å²) in [5.41, 5.74) is 2.45. The number of benzene rings is 1. The summed E-state index contributed by atoms with van der Waals surface area (Å²) in [5, 5.41) is 0. The highest BCUT2D eigenvalue weighted by atomic mass is 32.2. The van der Waals surface area contributed by atoms with E-state index in [0.29, 0.717) is 0 Å². The molecular weight excluding hydrogens is 278 g/mol. The van der Waals surface area contributed by atoms with Gasteiger partial charge in [0.05, 0.1) is 21.8 Å². The van der Waals surface area contributed by atoms with Crippen LogP contribution in [-0.4, -0.2) is 8.96 Å². The van der Waals surface area contributed by atoms with Gasteiger partial charge in [0.1, 0.15) is 0 Å². The average molecular weight is 303 g/mol. The molecule has 0 heterocycles. The molecule has 0 aromatic heterocycles. The SMILES string of the molecule is Cc1ccccc1[C@@H](NS(=O)C(C)(C)C)C1C=CCC=C1. The predicted molar refractivity (Wildman–Crippen MR) is 91.3 cm³/mol. The van der Waals surface area contributed by atoms with Crippen LogP contribution in [0.2, 0.25) is 0 Å². The molecule has 2 nitrogen and oxygen atoms in total. The van der Waals surface area contributed by atoms with Crippen LogP contribution in [0.15, 0.2) is 48.6 Å². The van der Waals surface area contributed by atoms with E-state index in [-0.39, 0.29) is 16.7 Å². The molecule has 114 valence electrons. The molecule has 1 aliphatic rings. The maximum atomic E-state index is 12.6. The molecular formula is C18H25NOS. The highest BCUT2D eigenvalue weighted by Gasteiger charge is 2.28. The topological polar surface area (TPSA) is 29.1 Å². The number of nitrogens with one attached hydrogen (secondary N) is 1. The highest BCUT2D eigenvalue weighted by Crippen LogP contribution is 2.30. The molecule has 0 saturated heterocycles.